The van der Waals surface area contributed by atoms with Gasteiger partial charge in [0.1, 0.15) is 17.1 Å². The highest BCUT2D eigenvalue weighted by Crippen LogP contribution is 2.29. The van der Waals surface area contributed by atoms with Crippen molar-refractivity contribution in [2.45, 2.75) is 0 Å². The Morgan fingerprint density at radius 1 is 1.07 bits per heavy atom. The average molecular weight is 408 g/mol. The first-order valence-corrected chi connectivity index (χ1v) is 9.23. The molecule has 0 aliphatic heterocycles. The van der Waals surface area contributed by atoms with Gasteiger partial charge in [-0.3, -0.25) is 4.79 Å². The molecule has 0 aliphatic rings. The number of rotatable bonds is 6. The van der Waals surface area contributed by atoms with Crippen LogP contribution in [-0.4, -0.2) is 30.0 Å². The first-order chi connectivity index (χ1) is 14.1. The van der Waals surface area contributed by atoms with Crippen molar-refractivity contribution >= 4 is 39.8 Å². The van der Waals surface area contributed by atoms with Gasteiger partial charge < -0.3 is 19.8 Å². The first-order valence-electron chi connectivity index (χ1n) is 8.85. The molecule has 0 unspecified atom stereocenters. The predicted molar refractivity (Wildman–Crippen MR) is 114 cm³/mol. The standard InChI is InChI=1S/C22H18ClN3O3/c1-28-15-7-13(8-16(10-15)29-2)21(27)18-12-25-22-17(18)9-14(11-24-22)26-20-6-4-3-5-19(20)23/h3-12,26H,1-2H3,(H,24,25). The minimum absolute atomic E-state index is 0.162. The van der Waals surface area contributed by atoms with Gasteiger partial charge in [-0.1, -0.05) is 23.7 Å². The number of ketones is 1. The summed E-state index contributed by atoms with van der Waals surface area (Å²) in [5.74, 6) is 0.934. The molecule has 0 spiro atoms. The highest BCUT2D eigenvalue weighted by Gasteiger charge is 2.17. The maximum atomic E-state index is 13.2. The summed E-state index contributed by atoms with van der Waals surface area (Å²) in [5, 5.41) is 4.54. The van der Waals surface area contributed by atoms with Crippen LogP contribution in [0.4, 0.5) is 11.4 Å². The number of aromatic amines is 1. The second-order valence-corrected chi connectivity index (χ2v) is 6.77. The lowest BCUT2D eigenvalue weighted by atomic mass is 10.0. The number of ether oxygens (including phenoxy) is 2. The summed E-state index contributed by atoms with van der Waals surface area (Å²) >= 11 is 6.22. The molecule has 29 heavy (non-hydrogen) atoms. The van der Waals surface area contributed by atoms with E-state index in [4.69, 9.17) is 21.1 Å². The number of fused-ring (bicyclic) bond motifs is 1. The Bertz CT molecular complexity index is 1180. The number of pyridine rings is 1. The molecular formula is C22H18ClN3O3. The minimum Gasteiger partial charge on any atom is -0.497 e. The topological polar surface area (TPSA) is 76.2 Å². The molecule has 0 aliphatic carbocycles. The largest absolute Gasteiger partial charge is 0.497 e. The van der Waals surface area contributed by atoms with Crippen LogP contribution in [0.1, 0.15) is 15.9 Å². The smallest absolute Gasteiger partial charge is 0.195 e. The van der Waals surface area contributed by atoms with Crippen molar-refractivity contribution in [1.29, 1.82) is 0 Å². The number of carbonyl (C=O) groups excluding carboxylic acids is 1. The molecule has 0 bridgehead atoms. The summed E-state index contributed by atoms with van der Waals surface area (Å²) < 4.78 is 10.5. The van der Waals surface area contributed by atoms with Crippen LogP contribution in [-0.2, 0) is 0 Å². The van der Waals surface area contributed by atoms with Gasteiger partial charge in [-0.25, -0.2) is 4.98 Å². The zero-order valence-corrected chi connectivity index (χ0v) is 16.6. The summed E-state index contributed by atoms with van der Waals surface area (Å²) in [6.45, 7) is 0. The van der Waals surface area contributed by atoms with Crippen LogP contribution < -0.4 is 14.8 Å². The number of benzene rings is 2. The highest BCUT2D eigenvalue weighted by molar-refractivity contribution is 6.33. The van der Waals surface area contributed by atoms with Crippen LogP contribution in [0.2, 0.25) is 5.02 Å². The number of methoxy groups -OCH3 is 2. The molecular weight excluding hydrogens is 390 g/mol. The van der Waals surface area contributed by atoms with E-state index in [9.17, 15) is 4.79 Å². The summed E-state index contributed by atoms with van der Waals surface area (Å²) in [7, 11) is 3.09. The van der Waals surface area contributed by atoms with Gasteiger partial charge >= 0.3 is 0 Å². The Hall–Kier alpha value is -3.51. The number of H-pyrrole nitrogens is 1. The number of aromatic nitrogens is 2. The Morgan fingerprint density at radius 3 is 2.48 bits per heavy atom. The SMILES string of the molecule is COc1cc(OC)cc(C(=O)c2c[nH]c3ncc(Nc4ccccc4Cl)cc23)c1. The lowest BCUT2D eigenvalue weighted by molar-refractivity contribution is 0.103. The third kappa shape index (κ3) is 3.75. The van der Waals surface area contributed by atoms with Crippen LogP contribution >= 0.6 is 11.6 Å². The normalized spacial score (nSPS) is 10.7. The van der Waals surface area contributed by atoms with Crippen molar-refractivity contribution in [1.82, 2.24) is 9.97 Å². The monoisotopic (exact) mass is 407 g/mol. The fourth-order valence-corrected chi connectivity index (χ4v) is 3.25. The highest BCUT2D eigenvalue weighted by atomic mass is 35.5. The van der Waals surface area contributed by atoms with Gasteiger partial charge in [-0.2, -0.15) is 0 Å². The molecule has 2 aromatic heterocycles. The number of anilines is 2. The van der Waals surface area contributed by atoms with Gasteiger partial charge in [-0.05, 0) is 30.3 Å². The van der Waals surface area contributed by atoms with Gasteiger partial charge in [0.25, 0.3) is 0 Å². The molecule has 0 atom stereocenters. The van der Waals surface area contributed by atoms with E-state index < -0.39 is 0 Å². The molecule has 146 valence electrons. The van der Waals surface area contributed by atoms with E-state index in [-0.39, 0.29) is 5.78 Å². The molecule has 2 aromatic carbocycles. The van der Waals surface area contributed by atoms with E-state index in [0.717, 1.165) is 11.4 Å². The lowest BCUT2D eigenvalue weighted by Gasteiger charge is -2.09. The van der Waals surface area contributed by atoms with Crippen LogP contribution in [0.5, 0.6) is 11.5 Å². The third-order valence-corrected chi connectivity index (χ3v) is 4.87. The van der Waals surface area contributed by atoms with Gasteiger partial charge in [0.2, 0.25) is 0 Å². The lowest BCUT2D eigenvalue weighted by Crippen LogP contribution is -2.02. The number of hydrogen-bond acceptors (Lipinski definition) is 5. The van der Waals surface area contributed by atoms with Crippen molar-refractivity contribution in [3.8, 4) is 11.5 Å². The van der Waals surface area contributed by atoms with Crippen LogP contribution in [0.15, 0.2) is 60.9 Å². The Labute approximate surface area is 172 Å². The van der Waals surface area contributed by atoms with Crippen LogP contribution in [0.3, 0.4) is 0 Å². The zero-order valence-electron chi connectivity index (χ0n) is 15.8. The molecule has 2 heterocycles. The Kier molecular flexibility index (Phi) is 5.10. The fraction of sp³-hybridized carbons (Fsp3) is 0.0909. The number of hydrogen-bond donors (Lipinski definition) is 2. The van der Waals surface area contributed by atoms with Crippen molar-refractivity contribution in [2.24, 2.45) is 0 Å². The Balaban J connectivity index is 1.73. The van der Waals surface area contributed by atoms with E-state index in [1.807, 2.05) is 24.3 Å². The van der Waals surface area contributed by atoms with E-state index in [2.05, 4.69) is 15.3 Å². The molecule has 0 radical (unpaired) electrons. The van der Waals surface area contributed by atoms with Gasteiger partial charge in [0, 0.05) is 28.8 Å². The summed E-state index contributed by atoms with van der Waals surface area (Å²) in [6.07, 6.45) is 3.34. The van der Waals surface area contributed by atoms with Gasteiger partial charge in [0.05, 0.1) is 36.8 Å². The van der Waals surface area contributed by atoms with Crippen molar-refractivity contribution in [3.05, 3.63) is 77.1 Å². The fourth-order valence-electron chi connectivity index (χ4n) is 3.07. The zero-order chi connectivity index (χ0) is 20.4. The van der Waals surface area contributed by atoms with Crippen molar-refractivity contribution in [3.63, 3.8) is 0 Å². The number of carbonyl (C=O) groups is 1. The Morgan fingerprint density at radius 2 is 1.79 bits per heavy atom. The third-order valence-electron chi connectivity index (χ3n) is 4.54. The molecule has 0 fully saturated rings. The maximum absolute atomic E-state index is 13.2. The molecule has 4 rings (SSSR count). The van der Waals surface area contributed by atoms with E-state index in [1.54, 1.807) is 50.9 Å². The number of halogens is 1. The molecule has 4 aromatic rings. The minimum atomic E-state index is -0.162. The second-order valence-electron chi connectivity index (χ2n) is 6.36. The molecule has 0 amide bonds. The average Bonchev–Trinajstić information content (AvgIpc) is 3.17. The molecule has 0 saturated heterocycles. The number of para-hydroxylation sites is 1. The summed E-state index contributed by atoms with van der Waals surface area (Å²) in [6, 6.07) is 14.4. The van der Waals surface area contributed by atoms with Gasteiger partial charge in [0.15, 0.2) is 5.78 Å². The first kappa shape index (κ1) is 18.8. The van der Waals surface area contributed by atoms with Crippen LogP contribution in [0, 0.1) is 0 Å². The molecule has 0 saturated carbocycles. The number of nitrogens with one attached hydrogen (secondary N) is 2. The van der Waals surface area contributed by atoms with E-state index in [0.29, 0.717) is 38.7 Å². The maximum Gasteiger partial charge on any atom is 0.195 e. The van der Waals surface area contributed by atoms with Crippen molar-refractivity contribution < 1.29 is 14.3 Å². The van der Waals surface area contributed by atoms with Gasteiger partial charge in [-0.15, -0.1) is 0 Å². The summed E-state index contributed by atoms with van der Waals surface area (Å²) in [5.41, 5.74) is 3.07. The van der Waals surface area contributed by atoms with E-state index in [1.165, 1.54) is 0 Å². The van der Waals surface area contributed by atoms with Crippen molar-refractivity contribution in [2.75, 3.05) is 19.5 Å². The summed E-state index contributed by atoms with van der Waals surface area (Å²) in [4.78, 5) is 20.6. The quantitative estimate of drug-likeness (QED) is 0.429. The van der Waals surface area contributed by atoms with Crippen LogP contribution in [0.25, 0.3) is 11.0 Å². The molecule has 6 nitrogen and oxygen atoms in total. The molecule has 2 N–H and O–H groups in total. The molecule has 7 heteroatoms. The number of nitrogens with zero attached hydrogens (tertiary/aromatic N) is 1. The second kappa shape index (κ2) is 7.85. The predicted octanol–water partition coefficient (Wildman–Crippen LogP) is 5.21. The van der Waals surface area contributed by atoms with E-state index >= 15 is 0 Å².